The van der Waals surface area contributed by atoms with Gasteiger partial charge in [-0.3, -0.25) is 14.4 Å². The Morgan fingerprint density at radius 1 is 0.939 bits per heavy atom. The van der Waals surface area contributed by atoms with Crippen LogP contribution in [-0.2, 0) is 16.1 Å². The molecule has 1 atom stereocenters. The fourth-order valence-electron chi connectivity index (χ4n) is 3.44. The highest BCUT2D eigenvalue weighted by Crippen LogP contribution is 2.24. The van der Waals surface area contributed by atoms with Crippen LogP contribution in [0.5, 0.6) is 0 Å². The Bertz CT molecular complexity index is 1250. The van der Waals surface area contributed by atoms with Gasteiger partial charge >= 0.3 is 11.8 Å². The van der Waals surface area contributed by atoms with Gasteiger partial charge in [-0.25, -0.2) is 0 Å². The Labute approximate surface area is 192 Å². The molecule has 0 radical (unpaired) electrons. The highest BCUT2D eigenvalue weighted by atomic mass is 16.2. The van der Waals surface area contributed by atoms with Crippen molar-refractivity contribution in [1.29, 1.82) is 5.26 Å². The first-order chi connectivity index (χ1) is 15.9. The third kappa shape index (κ3) is 5.83. The van der Waals surface area contributed by atoms with Crippen LogP contribution >= 0.6 is 0 Å². The molecule has 0 saturated heterocycles. The molecule has 0 fully saturated rings. The Kier molecular flexibility index (Phi) is 7.55. The van der Waals surface area contributed by atoms with Crippen molar-refractivity contribution in [2.45, 2.75) is 19.5 Å². The van der Waals surface area contributed by atoms with Crippen molar-refractivity contribution in [2.24, 2.45) is 0 Å². The zero-order chi connectivity index (χ0) is 23.8. The molecule has 0 aliphatic carbocycles. The van der Waals surface area contributed by atoms with Crippen LogP contribution in [0.2, 0.25) is 0 Å². The highest BCUT2D eigenvalue weighted by molar-refractivity contribution is 6.35. The average molecular weight is 441 g/mol. The number of rotatable bonds is 7. The average Bonchev–Trinajstić information content (AvgIpc) is 2.85. The van der Waals surface area contributed by atoms with Crippen LogP contribution in [-0.4, -0.2) is 24.3 Å². The Hall–Kier alpha value is -4.44. The molecule has 0 aliphatic rings. The van der Waals surface area contributed by atoms with Gasteiger partial charge in [-0.1, -0.05) is 67.2 Å². The van der Waals surface area contributed by atoms with Crippen LogP contribution in [0.1, 0.15) is 34.5 Å². The molecule has 0 aromatic heterocycles. The smallest absolute Gasteiger partial charge is 0.309 e. The van der Waals surface area contributed by atoms with Crippen LogP contribution < -0.4 is 16.0 Å². The first-order valence-corrected chi connectivity index (χ1v) is 10.4. The van der Waals surface area contributed by atoms with Gasteiger partial charge in [0.15, 0.2) is 0 Å². The maximum absolute atomic E-state index is 13.0. The zero-order valence-corrected chi connectivity index (χ0v) is 18.2. The van der Waals surface area contributed by atoms with Crippen LogP contribution in [0.25, 0.3) is 10.8 Å². The minimum Gasteiger partial charge on any atom is -0.345 e. The summed E-state index contributed by atoms with van der Waals surface area (Å²) in [5.74, 6) is -2.02. The van der Waals surface area contributed by atoms with Gasteiger partial charge in [0.1, 0.15) is 0 Å². The van der Waals surface area contributed by atoms with E-state index in [1.165, 1.54) is 0 Å². The number of carbonyl (C=O) groups is 3. The lowest BCUT2D eigenvalue weighted by Crippen LogP contribution is -2.40. The number of nitrogens with one attached hydrogen (secondary N) is 3. The van der Waals surface area contributed by atoms with E-state index in [-0.39, 0.29) is 30.6 Å². The molecule has 7 nitrogen and oxygen atoms in total. The zero-order valence-electron chi connectivity index (χ0n) is 18.2. The Balaban J connectivity index is 1.67. The first kappa shape index (κ1) is 23.2. The van der Waals surface area contributed by atoms with E-state index >= 15 is 0 Å². The van der Waals surface area contributed by atoms with Crippen molar-refractivity contribution < 1.29 is 14.4 Å². The summed E-state index contributed by atoms with van der Waals surface area (Å²) in [5, 5.41) is 18.7. The molecule has 0 saturated carbocycles. The molecule has 0 aliphatic heterocycles. The summed E-state index contributed by atoms with van der Waals surface area (Å²) in [6.45, 7) is 5.25. The molecular weight excluding hydrogens is 416 g/mol. The summed E-state index contributed by atoms with van der Waals surface area (Å²) in [5.41, 5.74) is 2.12. The number of hydrogen-bond donors (Lipinski definition) is 3. The minimum atomic E-state index is -0.877. The molecule has 3 N–H and O–H groups in total. The fraction of sp³-hybridized carbons (Fsp3) is 0.154. The number of nitriles is 1. The van der Waals surface area contributed by atoms with Crippen molar-refractivity contribution in [3.8, 4) is 6.07 Å². The van der Waals surface area contributed by atoms with E-state index in [9.17, 15) is 14.4 Å². The van der Waals surface area contributed by atoms with E-state index in [4.69, 9.17) is 5.26 Å². The van der Waals surface area contributed by atoms with Gasteiger partial charge in [0.25, 0.3) is 5.91 Å². The Morgan fingerprint density at radius 2 is 1.61 bits per heavy atom. The van der Waals surface area contributed by atoms with Gasteiger partial charge in [0.2, 0.25) is 0 Å². The quantitative estimate of drug-likeness (QED) is 0.387. The minimum absolute atomic E-state index is 0.00229. The second-order valence-electron chi connectivity index (χ2n) is 7.50. The molecule has 0 bridgehead atoms. The van der Waals surface area contributed by atoms with Gasteiger partial charge in [0.05, 0.1) is 18.7 Å². The Morgan fingerprint density at radius 3 is 2.39 bits per heavy atom. The molecular formula is C26H24N4O3. The number of benzene rings is 3. The summed E-state index contributed by atoms with van der Waals surface area (Å²) < 4.78 is 0. The second-order valence-corrected chi connectivity index (χ2v) is 7.50. The third-order valence-corrected chi connectivity index (χ3v) is 5.17. The molecule has 0 unspecified atom stereocenters. The lowest BCUT2D eigenvalue weighted by atomic mass is 9.99. The van der Waals surface area contributed by atoms with Gasteiger partial charge in [-0.05, 0) is 34.9 Å². The molecule has 0 spiro atoms. The van der Waals surface area contributed by atoms with E-state index < -0.39 is 11.8 Å². The number of fused-ring (bicyclic) bond motifs is 1. The second kappa shape index (κ2) is 10.7. The third-order valence-electron chi connectivity index (χ3n) is 5.17. The van der Waals surface area contributed by atoms with Crippen LogP contribution in [0.3, 0.4) is 0 Å². The van der Waals surface area contributed by atoms with Crippen LogP contribution in [0.4, 0.5) is 0 Å². The summed E-state index contributed by atoms with van der Waals surface area (Å²) in [6, 6.07) is 22.4. The number of nitrogens with zero attached hydrogens (tertiary/aromatic N) is 1. The van der Waals surface area contributed by atoms with E-state index in [2.05, 4.69) is 22.5 Å². The predicted octanol–water partition coefficient (Wildman–Crippen LogP) is 3.14. The van der Waals surface area contributed by atoms with Crippen molar-refractivity contribution in [3.05, 3.63) is 95.6 Å². The lowest BCUT2D eigenvalue weighted by Gasteiger charge is -2.18. The molecule has 3 amide bonds. The van der Waals surface area contributed by atoms with Crippen molar-refractivity contribution in [2.75, 3.05) is 6.54 Å². The monoisotopic (exact) mass is 440 g/mol. The largest absolute Gasteiger partial charge is 0.345 e. The first-order valence-electron chi connectivity index (χ1n) is 10.4. The van der Waals surface area contributed by atoms with E-state index in [1.54, 1.807) is 30.3 Å². The maximum Gasteiger partial charge on any atom is 0.309 e. The number of hydrogen-bond acceptors (Lipinski definition) is 4. The summed E-state index contributed by atoms with van der Waals surface area (Å²) in [4.78, 5) is 36.9. The molecule has 7 heteroatoms. The molecule has 33 heavy (non-hydrogen) atoms. The standard InChI is InChI=1S/C26H24N4O3/c1-17(14-27)15-28-25(32)26(33)29-16-20-9-4-6-12-23(20)24(31)30-18(2)21-13-7-10-19-8-3-5-11-22(19)21/h3-13,18H,1,15-16H2,2H3,(H,28,32)(H,29,33)(H,30,31)/t18-/m1/s1. The van der Waals surface area contributed by atoms with E-state index in [0.717, 1.165) is 16.3 Å². The van der Waals surface area contributed by atoms with E-state index in [0.29, 0.717) is 11.1 Å². The van der Waals surface area contributed by atoms with Crippen molar-refractivity contribution in [3.63, 3.8) is 0 Å². The summed E-state index contributed by atoms with van der Waals surface area (Å²) in [7, 11) is 0. The van der Waals surface area contributed by atoms with Crippen LogP contribution in [0.15, 0.2) is 78.9 Å². The SMILES string of the molecule is C=C(C#N)CNC(=O)C(=O)NCc1ccccc1C(=O)N[C@H](C)c1cccc2ccccc12. The predicted molar refractivity (Wildman–Crippen MR) is 126 cm³/mol. The summed E-state index contributed by atoms with van der Waals surface area (Å²) in [6.07, 6.45) is 0. The fourth-order valence-corrected chi connectivity index (χ4v) is 3.44. The topological polar surface area (TPSA) is 111 Å². The van der Waals surface area contributed by atoms with Gasteiger partial charge in [-0.2, -0.15) is 5.26 Å². The van der Waals surface area contributed by atoms with Crippen molar-refractivity contribution >= 4 is 28.5 Å². The lowest BCUT2D eigenvalue weighted by molar-refractivity contribution is -0.139. The highest BCUT2D eigenvalue weighted by Gasteiger charge is 2.18. The van der Waals surface area contributed by atoms with Gasteiger partial charge in [0, 0.05) is 17.7 Å². The number of carbonyl (C=O) groups excluding carboxylic acids is 3. The summed E-state index contributed by atoms with van der Waals surface area (Å²) >= 11 is 0. The normalized spacial score (nSPS) is 11.2. The molecule has 0 heterocycles. The number of amides is 3. The molecule has 3 rings (SSSR count). The van der Waals surface area contributed by atoms with Crippen molar-refractivity contribution in [1.82, 2.24) is 16.0 Å². The molecule has 166 valence electrons. The maximum atomic E-state index is 13.0. The van der Waals surface area contributed by atoms with E-state index in [1.807, 2.05) is 49.4 Å². The van der Waals surface area contributed by atoms with Gasteiger partial charge in [-0.15, -0.1) is 0 Å². The van der Waals surface area contributed by atoms with Crippen LogP contribution in [0, 0.1) is 11.3 Å². The molecule has 3 aromatic carbocycles. The molecule has 3 aromatic rings. The van der Waals surface area contributed by atoms with Gasteiger partial charge < -0.3 is 16.0 Å².